The molecule has 18 heavy (non-hydrogen) atoms. The Balaban J connectivity index is 1.77. The molecule has 2 aliphatic carbocycles. The van der Waals surface area contributed by atoms with Crippen molar-refractivity contribution in [1.82, 2.24) is 0 Å². The Kier molecular flexibility index (Phi) is 3.48. The van der Waals surface area contributed by atoms with Gasteiger partial charge >= 0.3 is 0 Å². The minimum absolute atomic E-state index is 0.407. The predicted molar refractivity (Wildman–Crippen MR) is 81.5 cm³/mol. The van der Waals surface area contributed by atoms with Gasteiger partial charge in [0.25, 0.3) is 0 Å². The van der Waals surface area contributed by atoms with Crippen LogP contribution in [0.15, 0.2) is 22.7 Å². The minimum Gasteiger partial charge on any atom is -0.489 e. The molecule has 2 saturated carbocycles. The number of ether oxygens (including phenoxy) is 1. The largest absolute Gasteiger partial charge is 0.489 e. The number of hydrogen-bond acceptors (Lipinski definition) is 1. The molecule has 0 bridgehead atoms. The lowest BCUT2D eigenvalue weighted by molar-refractivity contribution is -0.0307. The quantitative estimate of drug-likeness (QED) is 0.644. The van der Waals surface area contributed by atoms with Crippen LogP contribution in [-0.4, -0.2) is 10.9 Å². The summed E-state index contributed by atoms with van der Waals surface area (Å²) in [5, 5.41) is 0. The summed E-state index contributed by atoms with van der Waals surface area (Å²) in [5.41, 5.74) is 1.63. The van der Waals surface area contributed by atoms with E-state index in [0.717, 1.165) is 16.6 Å². The van der Waals surface area contributed by atoms with E-state index in [1.165, 1.54) is 31.2 Å². The molecular formula is C15H18Br2O. The third-order valence-electron chi connectivity index (χ3n) is 4.63. The minimum atomic E-state index is 0.407. The summed E-state index contributed by atoms with van der Waals surface area (Å²) in [4.78, 5) is 0.660. The molecule has 2 aliphatic rings. The Hall–Kier alpha value is -0.0200. The van der Waals surface area contributed by atoms with Gasteiger partial charge in [0.15, 0.2) is 0 Å². The zero-order chi connectivity index (χ0) is 12.8. The van der Waals surface area contributed by atoms with Crippen molar-refractivity contribution >= 4 is 31.9 Å². The summed E-state index contributed by atoms with van der Waals surface area (Å²) in [6.07, 6.45) is 6.92. The molecule has 2 fully saturated rings. The van der Waals surface area contributed by atoms with Crippen LogP contribution in [0.3, 0.4) is 0 Å². The molecule has 0 saturated heterocycles. The summed E-state index contributed by atoms with van der Waals surface area (Å²) in [7, 11) is 0. The number of hydrogen-bond donors (Lipinski definition) is 0. The summed E-state index contributed by atoms with van der Waals surface area (Å²) in [5.74, 6) is 1.05. The summed E-state index contributed by atoms with van der Waals surface area (Å²) in [6, 6.07) is 6.28. The highest BCUT2D eigenvalue weighted by molar-refractivity contribution is 9.10. The van der Waals surface area contributed by atoms with Gasteiger partial charge in [-0.05, 0) is 49.9 Å². The average molecular weight is 374 g/mol. The van der Waals surface area contributed by atoms with Crippen LogP contribution >= 0.6 is 31.9 Å². The maximum absolute atomic E-state index is 6.29. The molecular weight excluding hydrogens is 356 g/mol. The highest BCUT2D eigenvalue weighted by atomic mass is 79.9. The SMILES string of the molecule is Cc1cc(Br)ccc1OC1CC(Br)C12CCCC2. The summed E-state index contributed by atoms with van der Waals surface area (Å²) >= 11 is 7.34. The average Bonchev–Trinajstić information content (AvgIpc) is 2.83. The van der Waals surface area contributed by atoms with Gasteiger partial charge in [0, 0.05) is 14.7 Å². The van der Waals surface area contributed by atoms with Crippen LogP contribution in [-0.2, 0) is 0 Å². The van der Waals surface area contributed by atoms with Gasteiger partial charge in [-0.15, -0.1) is 0 Å². The van der Waals surface area contributed by atoms with Gasteiger partial charge < -0.3 is 4.74 Å². The zero-order valence-electron chi connectivity index (χ0n) is 10.6. The molecule has 0 aromatic heterocycles. The molecule has 1 nitrogen and oxygen atoms in total. The number of benzene rings is 1. The van der Waals surface area contributed by atoms with Gasteiger partial charge in [-0.2, -0.15) is 0 Å². The highest BCUT2D eigenvalue weighted by Gasteiger charge is 2.56. The molecule has 1 aromatic carbocycles. The fourth-order valence-electron chi connectivity index (χ4n) is 3.43. The highest BCUT2D eigenvalue weighted by Crippen LogP contribution is 2.57. The van der Waals surface area contributed by atoms with Crippen LogP contribution in [0.2, 0.25) is 0 Å². The number of alkyl halides is 1. The van der Waals surface area contributed by atoms with E-state index < -0.39 is 0 Å². The summed E-state index contributed by atoms with van der Waals surface area (Å²) < 4.78 is 7.41. The zero-order valence-corrected chi connectivity index (χ0v) is 13.8. The third-order valence-corrected chi connectivity index (χ3v) is 6.41. The van der Waals surface area contributed by atoms with Gasteiger partial charge in [0.1, 0.15) is 11.9 Å². The Morgan fingerprint density at radius 2 is 2.00 bits per heavy atom. The fourth-order valence-corrected chi connectivity index (χ4v) is 5.00. The van der Waals surface area contributed by atoms with E-state index >= 15 is 0 Å². The molecule has 2 unspecified atom stereocenters. The maximum atomic E-state index is 6.29. The van der Waals surface area contributed by atoms with Crippen molar-refractivity contribution in [2.45, 2.75) is 50.0 Å². The molecule has 0 amide bonds. The van der Waals surface area contributed by atoms with Gasteiger partial charge in [-0.3, -0.25) is 0 Å². The van der Waals surface area contributed by atoms with Gasteiger partial charge in [0.05, 0.1) is 0 Å². The molecule has 0 aliphatic heterocycles. The first kappa shape index (κ1) is 13.0. The molecule has 1 aromatic rings. The monoisotopic (exact) mass is 372 g/mol. The van der Waals surface area contributed by atoms with E-state index in [4.69, 9.17) is 4.74 Å². The van der Waals surface area contributed by atoms with Crippen LogP contribution in [0.1, 0.15) is 37.7 Å². The lowest BCUT2D eigenvalue weighted by atomic mass is 9.64. The predicted octanol–water partition coefficient (Wildman–Crippen LogP) is 5.23. The lowest BCUT2D eigenvalue weighted by Crippen LogP contribution is -2.55. The normalized spacial score (nSPS) is 29.3. The Labute approximate surface area is 126 Å². The van der Waals surface area contributed by atoms with Gasteiger partial charge in [-0.25, -0.2) is 0 Å². The van der Waals surface area contributed by atoms with Crippen molar-refractivity contribution in [3.05, 3.63) is 28.2 Å². The Morgan fingerprint density at radius 1 is 1.28 bits per heavy atom. The van der Waals surface area contributed by atoms with Crippen LogP contribution < -0.4 is 4.74 Å². The first-order valence-corrected chi connectivity index (χ1v) is 8.39. The third kappa shape index (κ3) is 2.03. The van der Waals surface area contributed by atoms with E-state index in [2.05, 4.69) is 57.0 Å². The fraction of sp³-hybridized carbons (Fsp3) is 0.600. The topological polar surface area (TPSA) is 9.23 Å². The molecule has 1 spiro atoms. The number of aryl methyl sites for hydroxylation is 1. The van der Waals surface area contributed by atoms with Crippen molar-refractivity contribution < 1.29 is 4.74 Å². The van der Waals surface area contributed by atoms with Crippen molar-refractivity contribution in [2.75, 3.05) is 0 Å². The number of rotatable bonds is 2. The molecule has 98 valence electrons. The van der Waals surface area contributed by atoms with E-state index in [9.17, 15) is 0 Å². The second-order valence-electron chi connectivity index (χ2n) is 5.66. The second-order valence-corrected chi connectivity index (χ2v) is 7.68. The van der Waals surface area contributed by atoms with Crippen molar-refractivity contribution in [2.24, 2.45) is 5.41 Å². The molecule has 2 atom stereocenters. The number of halogens is 2. The van der Waals surface area contributed by atoms with E-state index in [-0.39, 0.29) is 0 Å². The summed E-state index contributed by atoms with van der Waals surface area (Å²) in [6.45, 7) is 2.12. The van der Waals surface area contributed by atoms with Crippen molar-refractivity contribution in [3.63, 3.8) is 0 Å². The first-order chi connectivity index (χ1) is 8.62. The van der Waals surface area contributed by atoms with E-state index in [0.29, 0.717) is 16.3 Å². The van der Waals surface area contributed by atoms with Crippen LogP contribution in [0.25, 0.3) is 0 Å². The second kappa shape index (κ2) is 4.82. The molecule has 0 heterocycles. The molecule has 0 N–H and O–H groups in total. The van der Waals surface area contributed by atoms with Crippen LogP contribution in [0.5, 0.6) is 5.75 Å². The first-order valence-electron chi connectivity index (χ1n) is 6.69. The molecule has 0 radical (unpaired) electrons. The van der Waals surface area contributed by atoms with Gasteiger partial charge in [0.2, 0.25) is 0 Å². The van der Waals surface area contributed by atoms with Crippen LogP contribution in [0, 0.1) is 12.3 Å². The van der Waals surface area contributed by atoms with Crippen molar-refractivity contribution in [3.8, 4) is 5.75 Å². The standard InChI is InChI=1S/C15H18Br2O/c1-10-8-11(16)4-5-12(10)18-14-9-13(17)15(14)6-2-3-7-15/h4-5,8,13-14H,2-3,6-7,9H2,1H3. The lowest BCUT2D eigenvalue weighted by Gasteiger charge is -2.51. The van der Waals surface area contributed by atoms with Crippen LogP contribution in [0.4, 0.5) is 0 Å². The molecule has 3 heteroatoms. The Morgan fingerprint density at radius 3 is 2.61 bits per heavy atom. The smallest absolute Gasteiger partial charge is 0.122 e. The van der Waals surface area contributed by atoms with E-state index in [1.54, 1.807) is 0 Å². The Bertz CT molecular complexity index is 452. The van der Waals surface area contributed by atoms with Gasteiger partial charge in [-0.1, -0.05) is 44.7 Å². The van der Waals surface area contributed by atoms with E-state index in [1.807, 2.05) is 0 Å². The van der Waals surface area contributed by atoms with Crippen molar-refractivity contribution in [1.29, 1.82) is 0 Å². The maximum Gasteiger partial charge on any atom is 0.122 e. The molecule has 3 rings (SSSR count).